The molecule has 1 heterocycles. The van der Waals surface area contributed by atoms with Gasteiger partial charge in [-0.15, -0.1) is 0 Å². The van der Waals surface area contributed by atoms with E-state index in [-0.39, 0.29) is 5.92 Å². The molecular weight excluding hydrogens is 228 g/mol. The molecule has 4 heteroatoms. The molecule has 2 aromatic rings. The molecule has 0 aliphatic heterocycles. The third kappa shape index (κ3) is 2.88. The molecule has 0 spiro atoms. The van der Waals surface area contributed by atoms with Gasteiger partial charge in [0.15, 0.2) is 12.4 Å². The summed E-state index contributed by atoms with van der Waals surface area (Å²) >= 11 is 0. The highest BCUT2D eigenvalue weighted by molar-refractivity contribution is 5.33. The number of nitrogens with zero attached hydrogens (tertiary/aromatic N) is 2. The van der Waals surface area contributed by atoms with Crippen LogP contribution in [0.2, 0.25) is 0 Å². The Balaban J connectivity index is 2.02. The average Bonchev–Trinajstić information content (AvgIpc) is 2.85. The second-order valence-corrected chi connectivity index (χ2v) is 4.45. The largest absolute Gasteiger partial charge is 0.483 e. The summed E-state index contributed by atoms with van der Waals surface area (Å²) in [7, 11) is 0. The van der Waals surface area contributed by atoms with Crippen LogP contribution < -0.4 is 4.74 Å². The number of para-hydroxylation sites is 1. The zero-order valence-electron chi connectivity index (χ0n) is 11.0. The summed E-state index contributed by atoms with van der Waals surface area (Å²) in [6, 6.07) is 7.98. The number of benzene rings is 1. The predicted molar refractivity (Wildman–Crippen MR) is 68.5 cm³/mol. The highest BCUT2D eigenvalue weighted by Crippen LogP contribution is 2.19. The molecule has 0 bridgehead atoms. The third-order valence-electron chi connectivity index (χ3n) is 2.70. The van der Waals surface area contributed by atoms with Gasteiger partial charge < -0.3 is 9.26 Å². The molecule has 2 rings (SSSR count). The van der Waals surface area contributed by atoms with Gasteiger partial charge in [0.2, 0.25) is 0 Å². The van der Waals surface area contributed by atoms with Gasteiger partial charge in [0.05, 0.1) is 0 Å². The molecule has 0 fully saturated rings. The summed E-state index contributed by atoms with van der Waals surface area (Å²) in [5, 5.41) is 3.90. The van der Waals surface area contributed by atoms with Gasteiger partial charge in [-0.2, -0.15) is 4.98 Å². The lowest BCUT2D eigenvalue weighted by Gasteiger charge is -2.07. The van der Waals surface area contributed by atoms with Gasteiger partial charge >= 0.3 is 0 Å². The Morgan fingerprint density at radius 2 is 2.06 bits per heavy atom. The SMILES string of the molecule is CCc1ccccc1OCc1nc(C(C)C)no1. The van der Waals surface area contributed by atoms with Gasteiger partial charge in [0.1, 0.15) is 5.75 Å². The van der Waals surface area contributed by atoms with E-state index in [0.29, 0.717) is 12.5 Å². The van der Waals surface area contributed by atoms with E-state index in [1.54, 1.807) is 0 Å². The van der Waals surface area contributed by atoms with E-state index in [1.807, 2.05) is 32.0 Å². The number of hydrogen-bond donors (Lipinski definition) is 0. The summed E-state index contributed by atoms with van der Waals surface area (Å²) in [5.74, 6) is 2.39. The Labute approximate surface area is 107 Å². The van der Waals surface area contributed by atoms with Crippen LogP contribution in [0.25, 0.3) is 0 Å². The number of aryl methyl sites for hydroxylation is 1. The van der Waals surface area contributed by atoms with E-state index < -0.39 is 0 Å². The molecule has 18 heavy (non-hydrogen) atoms. The van der Waals surface area contributed by atoms with E-state index in [9.17, 15) is 0 Å². The standard InChI is InChI=1S/C14H18N2O2/c1-4-11-7-5-6-8-12(11)17-9-13-15-14(10(2)3)16-18-13/h5-8,10H,4,9H2,1-3H3. The summed E-state index contributed by atoms with van der Waals surface area (Å²) in [4.78, 5) is 4.28. The van der Waals surface area contributed by atoms with Crippen LogP contribution in [0.5, 0.6) is 5.75 Å². The minimum Gasteiger partial charge on any atom is -0.483 e. The van der Waals surface area contributed by atoms with Crippen molar-refractivity contribution in [3.05, 3.63) is 41.5 Å². The van der Waals surface area contributed by atoms with Crippen molar-refractivity contribution < 1.29 is 9.26 Å². The fourth-order valence-corrected chi connectivity index (χ4v) is 1.64. The van der Waals surface area contributed by atoms with Crippen LogP contribution in [0.3, 0.4) is 0 Å². The number of rotatable bonds is 5. The van der Waals surface area contributed by atoms with Crippen LogP contribution in [0.15, 0.2) is 28.8 Å². The monoisotopic (exact) mass is 246 g/mol. The fourth-order valence-electron chi connectivity index (χ4n) is 1.64. The Bertz CT molecular complexity index is 506. The smallest absolute Gasteiger partial charge is 0.264 e. The summed E-state index contributed by atoms with van der Waals surface area (Å²) in [6.45, 7) is 6.48. The van der Waals surface area contributed by atoms with E-state index in [2.05, 4.69) is 23.1 Å². The fraction of sp³-hybridized carbons (Fsp3) is 0.429. The quantitative estimate of drug-likeness (QED) is 0.811. The third-order valence-corrected chi connectivity index (χ3v) is 2.70. The minimum absolute atomic E-state index is 0.269. The van der Waals surface area contributed by atoms with Crippen LogP contribution in [0, 0.1) is 0 Å². The van der Waals surface area contributed by atoms with Crippen molar-refractivity contribution in [3.8, 4) is 5.75 Å². The first kappa shape index (κ1) is 12.6. The molecule has 0 unspecified atom stereocenters. The van der Waals surface area contributed by atoms with Crippen LogP contribution >= 0.6 is 0 Å². The molecule has 0 amide bonds. The molecule has 1 aromatic heterocycles. The van der Waals surface area contributed by atoms with Crippen molar-refractivity contribution in [2.24, 2.45) is 0 Å². The molecule has 0 aliphatic rings. The minimum atomic E-state index is 0.269. The number of aromatic nitrogens is 2. The average molecular weight is 246 g/mol. The lowest BCUT2D eigenvalue weighted by Crippen LogP contribution is -1.99. The Morgan fingerprint density at radius 3 is 2.72 bits per heavy atom. The van der Waals surface area contributed by atoms with Crippen molar-refractivity contribution in [3.63, 3.8) is 0 Å². The maximum absolute atomic E-state index is 5.71. The van der Waals surface area contributed by atoms with Gasteiger partial charge in [-0.05, 0) is 18.1 Å². The second kappa shape index (κ2) is 5.67. The number of hydrogen-bond acceptors (Lipinski definition) is 4. The molecule has 0 atom stereocenters. The zero-order chi connectivity index (χ0) is 13.0. The molecule has 0 radical (unpaired) electrons. The van der Waals surface area contributed by atoms with E-state index in [0.717, 1.165) is 18.0 Å². The van der Waals surface area contributed by atoms with Crippen molar-refractivity contribution in [1.82, 2.24) is 10.1 Å². The first-order valence-corrected chi connectivity index (χ1v) is 6.24. The van der Waals surface area contributed by atoms with E-state index in [1.165, 1.54) is 5.56 Å². The second-order valence-electron chi connectivity index (χ2n) is 4.45. The Kier molecular flexibility index (Phi) is 3.97. The summed E-state index contributed by atoms with van der Waals surface area (Å²) in [5.41, 5.74) is 1.18. The van der Waals surface area contributed by atoms with Gasteiger partial charge in [0, 0.05) is 5.92 Å². The molecule has 0 saturated heterocycles. The first-order chi connectivity index (χ1) is 8.70. The van der Waals surface area contributed by atoms with Crippen molar-refractivity contribution >= 4 is 0 Å². The van der Waals surface area contributed by atoms with Gasteiger partial charge in [0.25, 0.3) is 5.89 Å². The first-order valence-electron chi connectivity index (χ1n) is 6.24. The van der Waals surface area contributed by atoms with Gasteiger partial charge in [-0.1, -0.05) is 44.1 Å². The molecule has 4 nitrogen and oxygen atoms in total. The number of ether oxygens (including phenoxy) is 1. The van der Waals surface area contributed by atoms with Crippen LogP contribution in [-0.4, -0.2) is 10.1 Å². The van der Waals surface area contributed by atoms with Crippen molar-refractivity contribution in [2.75, 3.05) is 0 Å². The van der Waals surface area contributed by atoms with E-state index >= 15 is 0 Å². The molecule has 0 N–H and O–H groups in total. The topological polar surface area (TPSA) is 48.2 Å². The van der Waals surface area contributed by atoms with Crippen molar-refractivity contribution in [2.45, 2.75) is 39.7 Å². The van der Waals surface area contributed by atoms with Crippen LogP contribution in [0.1, 0.15) is 44.0 Å². The molecule has 0 aliphatic carbocycles. The molecular formula is C14H18N2O2. The molecule has 96 valence electrons. The molecule has 0 saturated carbocycles. The summed E-state index contributed by atoms with van der Waals surface area (Å²) in [6.07, 6.45) is 0.942. The Morgan fingerprint density at radius 1 is 1.28 bits per heavy atom. The summed E-state index contributed by atoms with van der Waals surface area (Å²) < 4.78 is 10.8. The lowest BCUT2D eigenvalue weighted by atomic mass is 10.1. The van der Waals surface area contributed by atoms with Gasteiger partial charge in [-0.25, -0.2) is 0 Å². The highest BCUT2D eigenvalue weighted by atomic mass is 16.5. The lowest BCUT2D eigenvalue weighted by molar-refractivity contribution is 0.240. The van der Waals surface area contributed by atoms with E-state index in [4.69, 9.17) is 9.26 Å². The van der Waals surface area contributed by atoms with Crippen LogP contribution in [0.4, 0.5) is 0 Å². The highest BCUT2D eigenvalue weighted by Gasteiger charge is 2.10. The van der Waals surface area contributed by atoms with Crippen LogP contribution in [-0.2, 0) is 13.0 Å². The maximum Gasteiger partial charge on any atom is 0.264 e. The van der Waals surface area contributed by atoms with Crippen molar-refractivity contribution in [1.29, 1.82) is 0 Å². The maximum atomic E-state index is 5.71. The Hall–Kier alpha value is -1.84. The zero-order valence-corrected chi connectivity index (χ0v) is 11.0. The normalized spacial score (nSPS) is 10.9. The molecule has 1 aromatic carbocycles. The predicted octanol–water partition coefficient (Wildman–Crippen LogP) is 3.33. The van der Waals surface area contributed by atoms with Gasteiger partial charge in [-0.3, -0.25) is 0 Å².